The Kier molecular flexibility index (Phi) is 5.40. The van der Waals surface area contributed by atoms with Crippen molar-refractivity contribution >= 4 is 6.09 Å². The first kappa shape index (κ1) is 12.6. The number of amides is 1. The minimum Gasteiger partial charge on any atom is -0.410 e. The molecule has 1 amide bonds. The molecule has 1 aromatic rings. The summed E-state index contributed by atoms with van der Waals surface area (Å²) in [6.07, 6.45) is 2.53. The zero-order valence-electron chi connectivity index (χ0n) is 9.95. The first-order chi connectivity index (χ1) is 7.77. The summed E-state index contributed by atoms with van der Waals surface area (Å²) in [5.74, 6) is 0.652. The van der Waals surface area contributed by atoms with E-state index < -0.39 is 0 Å². The molecule has 3 nitrogen and oxygen atoms in total. The van der Waals surface area contributed by atoms with E-state index in [9.17, 15) is 4.79 Å². The smallest absolute Gasteiger partial charge is 0.410 e. The zero-order valence-corrected chi connectivity index (χ0v) is 9.95. The maximum absolute atomic E-state index is 11.4. The van der Waals surface area contributed by atoms with Gasteiger partial charge < -0.3 is 10.1 Å². The minimum absolute atomic E-state index is 0.366. The number of benzene rings is 1. The molecule has 1 aromatic carbocycles. The second-order valence-electron chi connectivity index (χ2n) is 3.63. The highest BCUT2D eigenvalue weighted by Crippen LogP contribution is 2.18. The van der Waals surface area contributed by atoms with Crippen LogP contribution >= 0.6 is 0 Å². The van der Waals surface area contributed by atoms with Crippen LogP contribution in [0.15, 0.2) is 24.3 Å². The minimum atomic E-state index is -0.366. The van der Waals surface area contributed by atoms with Crippen LogP contribution in [-0.4, -0.2) is 12.6 Å². The number of aryl methyl sites for hydroxylation is 1. The largest absolute Gasteiger partial charge is 0.412 e. The van der Waals surface area contributed by atoms with Crippen molar-refractivity contribution in [2.45, 2.75) is 33.1 Å². The highest BCUT2D eigenvalue weighted by molar-refractivity contribution is 5.70. The van der Waals surface area contributed by atoms with Gasteiger partial charge in [0.25, 0.3) is 0 Å². The molecule has 0 fully saturated rings. The quantitative estimate of drug-likeness (QED) is 0.776. The first-order valence-electron chi connectivity index (χ1n) is 5.81. The van der Waals surface area contributed by atoms with Gasteiger partial charge in [-0.25, -0.2) is 4.79 Å². The van der Waals surface area contributed by atoms with Crippen molar-refractivity contribution < 1.29 is 9.53 Å². The Balaban J connectivity index is 2.49. The zero-order chi connectivity index (χ0) is 11.8. The molecule has 0 aliphatic heterocycles. The Labute approximate surface area is 96.8 Å². The second kappa shape index (κ2) is 6.88. The van der Waals surface area contributed by atoms with Crippen LogP contribution in [0.5, 0.6) is 5.75 Å². The average molecular weight is 221 g/mol. The lowest BCUT2D eigenvalue weighted by Crippen LogP contribution is -2.27. The third-order valence-corrected chi connectivity index (χ3v) is 2.36. The van der Waals surface area contributed by atoms with Crippen molar-refractivity contribution in [1.29, 1.82) is 0 Å². The number of hydrogen-bond donors (Lipinski definition) is 1. The molecule has 3 heteroatoms. The van der Waals surface area contributed by atoms with Gasteiger partial charge in [0.15, 0.2) is 0 Å². The lowest BCUT2D eigenvalue weighted by molar-refractivity contribution is 0.200. The van der Waals surface area contributed by atoms with Crippen LogP contribution in [0.3, 0.4) is 0 Å². The number of carbonyl (C=O) groups is 1. The van der Waals surface area contributed by atoms with Gasteiger partial charge in [0.05, 0.1) is 0 Å². The number of carbonyl (C=O) groups excluding carboxylic acids is 1. The third-order valence-electron chi connectivity index (χ3n) is 2.36. The van der Waals surface area contributed by atoms with E-state index in [1.165, 1.54) is 0 Å². The molecule has 0 saturated heterocycles. The van der Waals surface area contributed by atoms with Crippen molar-refractivity contribution in [3.05, 3.63) is 29.8 Å². The van der Waals surface area contributed by atoms with E-state index in [1.54, 1.807) is 0 Å². The molecule has 0 aromatic heterocycles. The molecule has 0 aliphatic rings. The molecule has 0 atom stereocenters. The van der Waals surface area contributed by atoms with Crippen molar-refractivity contribution in [1.82, 2.24) is 5.32 Å². The Bertz CT molecular complexity index is 336. The predicted molar refractivity (Wildman–Crippen MR) is 64.8 cm³/mol. The van der Waals surface area contributed by atoms with Crippen LogP contribution < -0.4 is 10.1 Å². The molecule has 0 saturated carbocycles. The molecule has 1 rings (SSSR count). The van der Waals surface area contributed by atoms with E-state index in [4.69, 9.17) is 4.74 Å². The summed E-state index contributed by atoms with van der Waals surface area (Å²) in [6.45, 7) is 4.79. The van der Waals surface area contributed by atoms with Crippen molar-refractivity contribution in [2.75, 3.05) is 6.54 Å². The Hall–Kier alpha value is -1.51. The molecule has 0 aliphatic carbocycles. The van der Waals surface area contributed by atoms with E-state index in [-0.39, 0.29) is 6.09 Å². The molecule has 0 radical (unpaired) electrons. The average Bonchev–Trinajstić information content (AvgIpc) is 2.30. The molecule has 0 unspecified atom stereocenters. The number of nitrogens with one attached hydrogen (secondary N) is 1. The highest BCUT2D eigenvalue weighted by Gasteiger charge is 2.06. The number of hydrogen-bond acceptors (Lipinski definition) is 2. The summed E-state index contributed by atoms with van der Waals surface area (Å²) in [5.41, 5.74) is 1.05. The number of ether oxygens (including phenoxy) is 1. The maximum atomic E-state index is 11.4. The van der Waals surface area contributed by atoms with Gasteiger partial charge in [0.1, 0.15) is 5.75 Å². The molecule has 0 heterocycles. The van der Waals surface area contributed by atoms with Gasteiger partial charge in [-0.2, -0.15) is 0 Å². The number of rotatable bonds is 5. The van der Waals surface area contributed by atoms with Crippen molar-refractivity contribution in [3.8, 4) is 5.75 Å². The Morgan fingerprint density at radius 1 is 1.31 bits per heavy atom. The lowest BCUT2D eigenvalue weighted by Gasteiger charge is -2.09. The van der Waals surface area contributed by atoms with E-state index >= 15 is 0 Å². The van der Waals surface area contributed by atoms with Gasteiger partial charge in [-0.05, 0) is 24.5 Å². The normalized spacial score (nSPS) is 9.88. The Morgan fingerprint density at radius 2 is 2.06 bits per heavy atom. The summed E-state index contributed by atoms with van der Waals surface area (Å²) in [4.78, 5) is 11.4. The van der Waals surface area contributed by atoms with Crippen LogP contribution in [0.1, 0.15) is 32.3 Å². The second-order valence-corrected chi connectivity index (χ2v) is 3.63. The summed E-state index contributed by atoms with van der Waals surface area (Å²) < 4.78 is 5.23. The molecule has 1 N–H and O–H groups in total. The van der Waals surface area contributed by atoms with Gasteiger partial charge in [-0.1, -0.05) is 38.5 Å². The molecular formula is C13H19NO2. The molecule has 16 heavy (non-hydrogen) atoms. The fourth-order valence-electron chi connectivity index (χ4n) is 1.40. The van der Waals surface area contributed by atoms with Gasteiger partial charge in [0, 0.05) is 6.54 Å². The molecular weight excluding hydrogens is 202 g/mol. The van der Waals surface area contributed by atoms with E-state index in [0.717, 1.165) is 24.8 Å². The third kappa shape index (κ3) is 3.93. The van der Waals surface area contributed by atoms with Crippen LogP contribution in [0.4, 0.5) is 4.79 Å². The van der Waals surface area contributed by atoms with E-state index in [1.807, 2.05) is 31.2 Å². The SMILES string of the molecule is CCCCNC(=O)Oc1ccccc1CC. The molecule has 0 bridgehead atoms. The van der Waals surface area contributed by atoms with E-state index in [2.05, 4.69) is 12.2 Å². The number of para-hydroxylation sites is 1. The fourth-order valence-corrected chi connectivity index (χ4v) is 1.40. The number of unbranched alkanes of at least 4 members (excludes halogenated alkanes) is 1. The van der Waals surface area contributed by atoms with Crippen LogP contribution in [0, 0.1) is 0 Å². The van der Waals surface area contributed by atoms with E-state index in [0.29, 0.717) is 12.3 Å². The fraction of sp³-hybridized carbons (Fsp3) is 0.462. The van der Waals surface area contributed by atoms with Crippen LogP contribution in [0.2, 0.25) is 0 Å². The van der Waals surface area contributed by atoms with Crippen LogP contribution in [0.25, 0.3) is 0 Å². The predicted octanol–water partition coefficient (Wildman–Crippen LogP) is 3.14. The highest BCUT2D eigenvalue weighted by atomic mass is 16.6. The van der Waals surface area contributed by atoms with Gasteiger partial charge in [-0.15, -0.1) is 0 Å². The Morgan fingerprint density at radius 3 is 2.75 bits per heavy atom. The molecule has 0 spiro atoms. The summed E-state index contributed by atoms with van der Waals surface area (Å²) >= 11 is 0. The summed E-state index contributed by atoms with van der Waals surface area (Å²) in [5, 5.41) is 2.72. The van der Waals surface area contributed by atoms with Gasteiger partial charge >= 0.3 is 6.09 Å². The van der Waals surface area contributed by atoms with Crippen molar-refractivity contribution in [2.24, 2.45) is 0 Å². The maximum Gasteiger partial charge on any atom is 0.412 e. The summed E-state index contributed by atoms with van der Waals surface area (Å²) in [7, 11) is 0. The standard InChI is InChI=1S/C13H19NO2/c1-3-5-10-14-13(15)16-12-9-7-6-8-11(12)4-2/h6-9H,3-5,10H2,1-2H3,(H,14,15). The lowest BCUT2D eigenvalue weighted by atomic mass is 10.1. The molecule has 88 valence electrons. The van der Waals surface area contributed by atoms with Gasteiger partial charge in [-0.3, -0.25) is 0 Å². The van der Waals surface area contributed by atoms with Crippen LogP contribution in [-0.2, 0) is 6.42 Å². The monoisotopic (exact) mass is 221 g/mol. The topological polar surface area (TPSA) is 38.3 Å². The van der Waals surface area contributed by atoms with Gasteiger partial charge in [0.2, 0.25) is 0 Å². The first-order valence-corrected chi connectivity index (χ1v) is 5.81. The summed E-state index contributed by atoms with van der Waals surface area (Å²) in [6, 6.07) is 7.60. The van der Waals surface area contributed by atoms with Crippen molar-refractivity contribution in [3.63, 3.8) is 0 Å².